The molecule has 2 aromatic carbocycles. The largest absolute Gasteiger partial charge is 0.322 e. The number of amides is 1. The highest BCUT2D eigenvalue weighted by atomic mass is 32.2. The van der Waals surface area contributed by atoms with Gasteiger partial charge in [-0.2, -0.15) is 11.8 Å². The molecule has 1 amide bonds. The van der Waals surface area contributed by atoms with Gasteiger partial charge in [-0.25, -0.2) is 0 Å². The second kappa shape index (κ2) is 8.54. The van der Waals surface area contributed by atoms with E-state index in [-0.39, 0.29) is 11.6 Å². The third-order valence-electron chi connectivity index (χ3n) is 4.70. The third kappa shape index (κ3) is 4.87. The topological polar surface area (TPSA) is 75.5 Å². The molecule has 1 N–H and O–H groups in total. The van der Waals surface area contributed by atoms with E-state index in [4.69, 9.17) is 0 Å². The molecule has 7 heteroatoms. The van der Waals surface area contributed by atoms with Crippen LogP contribution in [0.1, 0.15) is 27.0 Å². The Bertz CT molecular complexity index is 864. The van der Waals surface area contributed by atoms with Gasteiger partial charge in [0.1, 0.15) is 0 Å². The first-order valence-electron chi connectivity index (χ1n) is 8.90. The first-order valence-corrected chi connectivity index (χ1v) is 10.1. The number of nitro benzene ring substituents is 1. The number of carbonyl (C=O) groups is 1. The third-order valence-corrected chi connectivity index (χ3v) is 5.65. The van der Waals surface area contributed by atoms with Gasteiger partial charge < -0.3 is 5.32 Å². The Kier molecular flexibility index (Phi) is 6.13. The average Bonchev–Trinajstić information content (AvgIpc) is 2.64. The van der Waals surface area contributed by atoms with E-state index in [2.05, 4.69) is 16.3 Å². The van der Waals surface area contributed by atoms with E-state index in [1.165, 1.54) is 29.2 Å². The van der Waals surface area contributed by atoms with Crippen LogP contribution in [0.3, 0.4) is 0 Å². The number of benzene rings is 2. The van der Waals surface area contributed by atoms with Crippen LogP contribution in [0, 0.1) is 24.0 Å². The van der Waals surface area contributed by atoms with Gasteiger partial charge in [0, 0.05) is 54.0 Å². The summed E-state index contributed by atoms with van der Waals surface area (Å²) in [5, 5.41) is 13.8. The van der Waals surface area contributed by atoms with Crippen LogP contribution in [0.25, 0.3) is 0 Å². The number of hydrogen-bond donors (Lipinski definition) is 1. The molecule has 1 aliphatic rings. The van der Waals surface area contributed by atoms with Gasteiger partial charge in [-0.3, -0.25) is 19.8 Å². The van der Waals surface area contributed by atoms with Crippen molar-refractivity contribution in [2.75, 3.05) is 29.9 Å². The molecule has 6 nitrogen and oxygen atoms in total. The molecule has 0 aliphatic carbocycles. The number of nitrogens with zero attached hydrogens (tertiary/aromatic N) is 2. The van der Waals surface area contributed by atoms with Crippen LogP contribution in [-0.4, -0.2) is 40.3 Å². The summed E-state index contributed by atoms with van der Waals surface area (Å²) >= 11 is 2.00. The maximum atomic E-state index is 12.5. The highest BCUT2D eigenvalue weighted by Gasteiger charge is 2.15. The summed E-state index contributed by atoms with van der Waals surface area (Å²) in [6, 6.07) is 10.5. The summed E-state index contributed by atoms with van der Waals surface area (Å²) in [7, 11) is 0. The molecule has 1 heterocycles. The molecule has 0 radical (unpaired) electrons. The van der Waals surface area contributed by atoms with Crippen molar-refractivity contribution in [1.82, 2.24) is 4.90 Å². The fourth-order valence-corrected chi connectivity index (χ4v) is 4.16. The molecule has 2 aromatic rings. The predicted octanol–water partition coefficient (Wildman–Crippen LogP) is 4.01. The van der Waals surface area contributed by atoms with Crippen LogP contribution in [0.5, 0.6) is 0 Å². The molecule has 0 aromatic heterocycles. The van der Waals surface area contributed by atoms with E-state index < -0.39 is 4.92 Å². The van der Waals surface area contributed by atoms with Crippen molar-refractivity contribution in [2.45, 2.75) is 20.4 Å². The number of rotatable bonds is 5. The van der Waals surface area contributed by atoms with Gasteiger partial charge >= 0.3 is 0 Å². The standard InChI is InChI=1S/C20H23N3O3S/c1-14-11-16(13-22-7-9-27-10-8-22)3-5-18(14)21-20(24)17-4-6-19(23(25)26)15(2)12-17/h3-6,11-12H,7-10,13H2,1-2H3,(H,21,24). The van der Waals surface area contributed by atoms with Crippen LogP contribution in [0.4, 0.5) is 11.4 Å². The molecule has 0 saturated carbocycles. The highest BCUT2D eigenvalue weighted by molar-refractivity contribution is 7.99. The van der Waals surface area contributed by atoms with E-state index >= 15 is 0 Å². The van der Waals surface area contributed by atoms with E-state index in [1.54, 1.807) is 13.0 Å². The monoisotopic (exact) mass is 385 g/mol. The van der Waals surface area contributed by atoms with Gasteiger partial charge in [-0.1, -0.05) is 12.1 Å². The molecular weight excluding hydrogens is 362 g/mol. The number of aryl methyl sites for hydroxylation is 2. The first-order chi connectivity index (χ1) is 12.9. The number of nitrogens with one attached hydrogen (secondary N) is 1. The zero-order valence-corrected chi connectivity index (χ0v) is 16.3. The Labute approximate surface area is 163 Å². The van der Waals surface area contributed by atoms with E-state index in [0.717, 1.165) is 30.9 Å². The summed E-state index contributed by atoms with van der Waals surface area (Å²) < 4.78 is 0. The van der Waals surface area contributed by atoms with Crippen molar-refractivity contribution in [3.05, 3.63) is 68.8 Å². The molecule has 0 spiro atoms. The number of anilines is 1. The molecule has 0 atom stereocenters. The fraction of sp³-hybridized carbons (Fsp3) is 0.350. The summed E-state index contributed by atoms with van der Waals surface area (Å²) in [6.45, 7) is 6.76. The number of thioether (sulfide) groups is 1. The minimum atomic E-state index is -0.444. The lowest BCUT2D eigenvalue weighted by molar-refractivity contribution is -0.385. The Morgan fingerprint density at radius 3 is 2.52 bits per heavy atom. The summed E-state index contributed by atoms with van der Waals surface area (Å²) in [5.74, 6) is 2.10. The Morgan fingerprint density at radius 1 is 1.15 bits per heavy atom. The number of hydrogen-bond acceptors (Lipinski definition) is 5. The Balaban J connectivity index is 1.68. The van der Waals surface area contributed by atoms with Crippen molar-refractivity contribution in [2.24, 2.45) is 0 Å². The first kappa shape index (κ1) is 19.4. The predicted molar refractivity (Wildman–Crippen MR) is 110 cm³/mol. The van der Waals surface area contributed by atoms with Crippen molar-refractivity contribution in [3.8, 4) is 0 Å². The van der Waals surface area contributed by atoms with Crippen LogP contribution in [0.15, 0.2) is 36.4 Å². The maximum Gasteiger partial charge on any atom is 0.272 e. The van der Waals surface area contributed by atoms with Crippen LogP contribution in [0.2, 0.25) is 0 Å². The van der Waals surface area contributed by atoms with Crippen LogP contribution in [-0.2, 0) is 6.54 Å². The second-order valence-electron chi connectivity index (χ2n) is 6.75. The normalized spacial score (nSPS) is 14.7. The van der Waals surface area contributed by atoms with Gasteiger partial charge in [0.2, 0.25) is 0 Å². The average molecular weight is 385 g/mol. The molecule has 27 heavy (non-hydrogen) atoms. The minimum absolute atomic E-state index is 0.0168. The lowest BCUT2D eigenvalue weighted by Crippen LogP contribution is -2.31. The van der Waals surface area contributed by atoms with Crippen molar-refractivity contribution in [1.29, 1.82) is 0 Å². The zero-order valence-electron chi connectivity index (χ0n) is 15.5. The van der Waals surface area contributed by atoms with Crippen molar-refractivity contribution < 1.29 is 9.72 Å². The van der Waals surface area contributed by atoms with Gasteiger partial charge in [-0.15, -0.1) is 0 Å². The molecule has 142 valence electrons. The SMILES string of the molecule is Cc1cc(CN2CCSCC2)ccc1NC(=O)c1ccc([N+](=O)[O-])c(C)c1. The lowest BCUT2D eigenvalue weighted by atomic mass is 10.1. The molecule has 1 fully saturated rings. The molecule has 1 aliphatic heterocycles. The smallest absolute Gasteiger partial charge is 0.272 e. The fourth-order valence-electron chi connectivity index (χ4n) is 3.18. The summed E-state index contributed by atoms with van der Waals surface area (Å²) in [6.07, 6.45) is 0. The molecule has 0 bridgehead atoms. The van der Waals surface area contributed by atoms with Gasteiger partial charge in [0.05, 0.1) is 4.92 Å². The summed E-state index contributed by atoms with van der Waals surface area (Å²) in [4.78, 5) is 25.4. The van der Waals surface area contributed by atoms with E-state index in [0.29, 0.717) is 11.1 Å². The molecule has 0 unspecified atom stereocenters. The zero-order chi connectivity index (χ0) is 19.4. The number of nitro groups is 1. The maximum absolute atomic E-state index is 12.5. The molecule has 1 saturated heterocycles. The van der Waals surface area contributed by atoms with Gasteiger partial charge in [-0.05, 0) is 43.2 Å². The highest BCUT2D eigenvalue weighted by Crippen LogP contribution is 2.22. The minimum Gasteiger partial charge on any atom is -0.322 e. The number of carbonyl (C=O) groups excluding carboxylic acids is 1. The van der Waals surface area contributed by atoms with Crippen LogP contribution >= 0.6 is 11.8 Å². The molecular formula is C20H23N3O3S. The Hall–Kier alpha value is -2.38. The molecule has 3 rings (SSSR count). The van der Waals surface area contributed by atoms with Crippen molar-refractivity contribution in [3.63, 3.8) is 0 Å². The van der Waals surface area contributed by atoms with Gasteiger partial charge in [0.15, 0.2) is 0 Å². The second-order valence-corrected chi connectivity index (χ2v) is 7.98. The van der Waals surface area contributed by atoms with E-state index in [9.17, 15) is 14.9 Å². The van der Waals surface area contributed by atoms with Crippen molar-refractivity contribution >= 4 is 29.0 Å². The van der Waals surface area contributed by atoms with E-state index in [1.807, 2.05) is 30.8 Å². The Morgan fingerprint density at radius 2 is 1.89 bits per heavy atom. The van der Waals surface area contributed by atoms with Gasteiger partial charge in [0.25, 0.3) is 11.6 Å². The lowest BCUT2D eigenvalue weighted by Gasteiger charge is -2.26. The van der Waals surface area contributed by atoms with Crippen LogP contribution < -0.4 is 5.32 Å². The quantitative estimate of drug-likeness (QED) is 0.622. The summed E-state index contributed by atoms with van der Waals surface area (Å²) in [5.41, 5.74) is 3.90.